The number of rotatable bonds is 2. The number of benzene rings is 5. The number of fused-ring (bicyclic) bond motifs is 4. The van der Waals surface area contributed by atoms with Crippen LogP contribution in [-0.2, 0) is 16.2 Å². The van der Waals surface area contributed by atoms with E-state index in [1.165, 1.54) is 61.9 Å². The summed E-state index contributed by atoms with van der Waals surface area (Å²) in [4.78, 5) is 4.97. The van der Waals surface area contributed by atoms with Gasteiger partial charge in [0.05, 0.1) is 22.7 Å². The van der Waals surface area contributed by atoms with E-state index in [0.717, 1.165) is 0 Å². The van der Waals surface area contributed by atoms with Crippen molar-refractivity contribution in [2.24, 2.45) is 0 Å². The average Bonchev–Trinajstić information content (AvgIpc) is 2.97. The maximum absolute atomic E-state index is 2.49. The highest BCUT2D eigenvalue weighted by Crippen LogP contribution is 2.55. The second-order valence-corrected chi connectivity index (χ2v) is 14.0. The van der Waals surface area contributed by atoms with E-state index in [1.807, 2.05) is 0 Å². The highest BCUT2D eigenvalue weighted by atomic mass is 15.2. The fraction of sp³-hybridized carbons (Fsp3) is 0.250. The van der Waals surface area contributed by atoms with Gasteiger partial charge in [0.2, 0.25) is 0 Å². The molecule has 2 nitrogen and oxygen atoms in total. The van der Waals surface area contributed by atoms with Crippen LogP contribution in [-0.4, -0.2) is 0 Å². The molecular weight excluding hydrogens is 508 g/mol. The normalized spacial score (nSPS) is 16.3. The minimum absolute atomic E-state index is 0.0348. The van der Waals surface area contributed by atoms with Crippen LogP contribution in [0.5, 0.6) is 0 Å². The lowest BCUT2D eigenvalue weighted by atomic mass is 9.73. The van der Waals surface area contributed by atoms with E-state index in [0.29, 0.717) is 0 Å². The minimum atomic E-state index is -0.0928. The Morgan fingerprint density at radius 1 is 0.429 bits per heavy atom. The van der Waals surface area contributed by atoms with Crippen LogP contribution in [0.3, 0.4) is 0 Å². The van der Waals surface area contributed by atoms with Crippen molar-refractivity contribution >= 4 is 34.1 Å². The number of anilines is 6. The molecular formula is C40H40N2. The fourth-order valence-corrected chi connectivity index (χ4v) is 7.18. The van der Waals surface area contributed by atoms with Crippen molar-refractivity contribution < 1.29 is 0 Å². The molecule has 0 bridgehead atoms. The van der Waals surface area contributed by atoms with Crippen LogP contribution in [0.4, 0.5) is 34.1 Å². The summed E-state index contributed by atoms with van der Waals surface area (Å²) in [5.41, 5.74) is 13.9. The third-order valence-corrected chi connectivity index (χ3v) is 9.56. The van der Waals surface area contributed by atoms with E-state index >= 15 is 0 Å². The van der Waals surface area contributed by atoms with Crippen molar-refractivity contribution in [3.8, 4) is 0 Å². The van der Waals surface area contributed by atoms with Crippen molar-refractivity contribution in [1.29, 1.82) is 0 Å². The predicted octanol–water partition coefficient (Wildman–Crippen LogP) is 11.2. The Bertz CT molecular complexity index is 1610. The first-order valence-corrected chi connectivity index (χ1v) is 15.1. The average molecular weight is 549 g/mol. The molecule has 0 unspecified atom stereocenters. The van der Waals surface area contributed by atoms with Gasteiger partial charge in [0.15, 0.2) is 0 Å². The first-order chi connectivity index (χ1) is 20.0. The van der Waals surface area contributed by atoms with Gasteiger partial charge in [-0.25, -0.2) is 0 Å². The third kappa shape index (κ3) is 3.85. The van der Waals surface area contributed by atoms with Crippen molar-refractivity contribution in [1.82, 2.24) is 0 Å². The smallest absolute Gasteiger partial charge is 0.0502 e. The van der Waals surface area contributed by atoms with Crippen molar-refractivity contribution in [2.45, 2.75) is 64.7 Å². The molecule has 2 heterocycles. The Labute approximate surface area is 251 Å². The van der Waals surface area contributed by atoms with Gasteiger partial charge in [0.25, 0.3) is 0 Å². The zero-order valence-corrected chi connectivity index (χ0v) is 25.9. The van der Waals surface area contributed by atoms with Crippen molar-refractivity contribution in [3.63, 3.8) is 0 Å². The molecule has 0 spiro atoms. The number of hydrogen-bond donors (Lipinski definition) is 0. The first kappa shape index (κ1) is 26.6. The van der Waals surface area contributed by atoms with Gasteiger partial charge in [0.1, 0.15) is 0 Å². The summed E-state index contributed by atoms with van der Waals surface area (Å²) in [5, 5.41) is 0. The van der Waals surface area contributed by atoms with Crippen LogP contribution < -0.4 is 9.80 Å². The SMILES string of the molecule is CC(C)(C)c1cc(N2c3ccccc3C(C)(C)c3ccccc32)cc(N2c3ccccc3C(C)(C)c3ccccc32)c1. The lowest BCUT2D eigenvalue weighted by Gasteiger charge is -2.44. The Hall–Kier alpha value is -4.30. The topological polar surface area (TPSA) is 6.48 Å². The molecule has 210 valence electrons. The quantitative estimate of drug-likeness (QED) is 0.216. The van der Waals surface area contributed by atoms with Gasteiger partial charge < -0.3 is 9.80 Å². The van der Waals surface area contributed by atoms with Crippen LogP contribution >= 0.6 is 0 Å². The summed E-state index contributed by atoms with van der Waals surface area (Å²) >= 11 is 0. The molecule has 0 N–H and O–H groups in total. The maximum atomic E-state index is 2.49. The zero-order valence-electron chi connectivity index (χ0n) is 25.9. The predicted molar refractivity (Wildman–Crippen MR) is 179 cm³/mol. The number of para-hydroxylation sites is 4. The summed E-state index contributed by atoms with van der Waals surface area (Å²) in [6.45, 7) is 16.4. The summed E-state index contributed by atoms with van der Waals surface area (Å²) in [7, 11) is 0. The van der Waals surface area contributed by atoms with E-state index in [2.05, 4.69) is 174 Å². The molecule has 5 aromatic carbocycles. The summed E-state index contributed by atoms with van der Waals surface area (Å²) in [6, 6.07) is 42.9. The van der Waals surface area contributed by atoms with E-state index in [-0.39, 0.29) is 16.2 Å². The zero-order chi connectivity index (χ0) is 29.4. The standard InChI is InChI=1S/C40H40N2/c1-38(2,3)27-24-28(41-34-20-12-8-16-30(34)39(4,5)31-17-9-13-21-35(31)41)26-29(25-27)42-36-22-14-10-18-32(36)40(6,7)33-19-11-15-23-37(33)42/h8-26H,1-7H3. The van der Waals surface area contributed by atoms with Crippen LogP contribution in [0.15, 0.2) is 115 Å². The molecule has 0 fully saturated rings. The molecule has 0 aromatic heterocycles. The van der Waals surface area contributed by atoms with Crippen molar-refractivity contribution in [3.05, 3.63) is 143 Å². The summed E-state index contributed by atoms with van der Waals surface area (Å²) in [6.07, 6.45) is 0. The lowest BCUT2D eigenvalue weighted by Crippen LogP contribution is -2.31. The molecule has 0 amide bonds. The Balaban J connectivity index is 1.52. The van der Waals surface area contributed by atoms with Crippen LogP contribution in [0.2, 0.25) is 0 Å². The van der Waals surface area contributed by atoms with E-state index in [4.69, 9.17) is 0 Å². The molecule has 2 aliphatic heterocycles. The Kier molecular flexibility index (Phi) is 5.76. The van der Waals surface area contributed by atoms with Crippen LogP contribution in [0, 0.1) is 0 Å². The Morgan fingerprint density at radius 2 is 0.714 bits per heavy atom. The summed E-state index contributed by atoms with van der Waals surface area (Å²) in [5.74, 6) is 0. The second kappa shape index (κ2) is 9.10. The molecule has 0 atom stereocenters. The largest absolute Gasteiger partial charge is 0.310 e. The van der Waals surface area contributed by atoms with Gasteiger partial charge in [0, 0.05) is 22.2 Å². The van der Waals surface area contributed by atoms with E-state index < -0.39 is 0 Å². The molecule has 42 heavy (non-hydrogen) atoms. The third-order valence-electron chi connectivity index (χ3n) is 9.56. The van der Waals surface area contributed by atoms with Gasteiger partial charge in [-0.1, -0.05) is 121 Å². The minimum Gasteiger partial charge on any atom is -0.310 e. The van der Waals surface area contributed by atoms with Crippen LogP contribution in [0.1, 0.15) is 76.3 Å². The Morgan fingerprint density at radius 3 is 1.00 bits per heavy atom. The van der Waals surface area contributed by atoms with Gasteiger partial charge in [-0.15, -0.1) is 0 Å². The maximum Gasteiger partial charge on any atom is 0.0502 e. The van der Waals surface area contributed by atoms with E-state index in [9.17, 15) is 0 Å². The monoisotopic (exact) mass is 548 g/mol. The van der Waals surface area contributed by atoms with Gasteiger partial charge in [-0.3, -0.25) is 0 Å². The van der Waals surface area contributed by atoms with Crippen LogP contribution in [0.25, 0.3) is 0 Å². The van der Waals surface area contributed by atoms with Crippen molar-refractivity contribution in [2.75, 3.05) is 9.80 Å². The molecule has 0 saturated heterocycles. The lowest BCUT2D eigenvalue weighted by molar-refractivity contribution is 0.590. The fourth-order valence-electron chi connectivity index (χ4n) is 7.18. The molecule has 0 saturated carbocycles. The molecule has 7 rings (SSSR count). The van der Waals surface area contributed by atoms with Gasteiger partial charge in [-0.2, -0.15) is 0 Å². The molecule has 2 heteroatoms. The number of nitrogens with zero attached hydrogens (tertiary/aromatic N) is 2. The van der Waals surface area contributed by atoms with Gasteiger partial charge in [-0.05, 0) is 75.7 Å². The second-order valence-electron chi connectivity index (χ2n) is 14.0. The molecule has 5 aromatic rings. The molecule has 2 aliphatic rings. The highest BCUT2D eigenvalue weighted by molar-refractivity contribution is 5.91. The first-order valence-electron chi connectivity index (χ1n) is 15.1. The molecule has 0 aliphatic carbocycles. The summed E-state index contributed by atoms with van der Waals surface area (Å²) < 4.78 is 0. The van der Waals surface area contributed by atoms with E-state index in [1.54, 1.807) is 0 Å². The van der Waals surface area contributed by atoms with Gasteiger partial charge >= 0.3 is 0 Å². The highest BCUT2D eigenvalue weighted by Gasteiger charge is 2.39. The molecule has 0 radical (unpaired) electrons. The number of hydrogen-bond acceptors (Lipinski definition) is 2.